The smallest absolute Gasteiger partial charge is 0.291 e. The lowest BCUT2D eigenvalue weighted by atomic mass is 10.1. The summed E-state index contributed by atoms with van der Waals surface area (Å²) in [6.45, 7) is 0. The summed E-state index contributed by atoms with van der Waals surface area (Å²) in [6.07, 6.45) is 2.02. The molecular weight excluding hydrogens is 398 g/mol. The van der Waals surface area contributed by atoms with Crippen molar-refractivity contribution in [1.29, 1.82) is 0 Å². The largest absolute Gasteiger partial charge is 0.451 e. The number of fused-ring (bicyclic) bond motifs is 1. The van der Waals surface area contributed by atoms with Gasteiger partial charge in [-0.2, -0.15) is 11.8 Å². The first-order chi connectivity index (χ1) is 14.2. The molecule has 1 N–H and O–H groups in total. The Bertz CT molecular complexity index is 1120. The van der Waals surface area contributed by atoms with Crippen LogP contribution in [0.5, 0.6) is 0 Å². The summed E-state index contributed by atoms with van der Waals surface area (Å²) in [5, 5.41) is 3.98. The molecule has 0 unspecified atom stereocenters. The lowest BCUT2D eigenvalue weighted by Crippen LogP contribution is -2.12. The first-order valence-corrected chi connectivity index (χ1v) is 11.7. The third-order valence-corrected chi connectivity index (χ3v) is 6.35. The summed E-state index contributed by atoms with van der Waals surface area (Å²) in [6, 6.07) is 26.0. The number of hydrogen-bond donors (Lipinski definition) is 1. The number of furan rings is 1. The highest BCUT2D eigenvalue weighted by atomic mass is 32.2. The average molecular weight is 420 g/mol. The van der Waals surface area contributed by atoms with Crippen LogP contribution in [0.15, 0.2) is 88.2 Å². The zero-order chi connectivity index (χ0) is 20.1. The highest BCUT2D eigenvalue weighted by Crippen LogP contribution is 2.31. The number of anilines is 1. The van der Waals surface area contributed by atoms with Crippen LogP contribution >= 0.6 is 23.5 Å². The number of para-hydroxylation sites is 1. The first kappa shape index (κ1) is 19.7. The van der Waals surface area contributed by atoms with E-state index < -0.39 is 0 Å². The van der Waals surface area contributed by atoms with Crippen molar-refractivity contribution >= 4 is 46.1 Å². The van der Waals surface area contributed by atoms with E-state index in [9.17, 15) is 4.79 Å². The van der Waals surface area contributed by atoms with Gasteiger partial charge in [-0.15, -0.1) is 11.8 Å². The van der Waals surface area contributed by atoms with Gasteiger partial charge in [0.1, 0.15) is 5.58 Å². The SMILES string of the molecule is CSc1cccc(NC(=O)c2oc3ccccc3c2CSCc2ccccc2)c1. The van der Waals surface area contributed by atoms with Gasteiger partial charge >= 0.3 is 0 Å². The van der Waals surface area contributed by atoms with Crippen molar-refractivity contribution in [2.45, 2.75) is 16.4 Å². The summed E-state index contributed by atoms with van der Waals surface area (Å²) >= 11 is 3.42. The molecule has 0 atom stereocenters. The minimum atomic E-state index is -0.213. The molecule has 0 radical (unpaired) electrons. The molecule has 1 amide bonds. The molecule has 4 aromatic rings. The Balaban J connectivity index is 1.57. The van der Waals surface area contributed by atoms with Crippen molar-refractivity contribution in [2.75, 3.05) is 11.6 Å². The van der Waals surface area contributed by atoms with E-state index in [0.717, 1.165) is 32.9 Å². The number of carbonyl (C=O) groups excluding carboxylic acids is 1. The average Bonchev–Trinajstić information content (AvgIpc) is 3.13. The number of thioether (sulfide) groups is 2. The zero-order valence-electron chi connectivity index (χ0n) is 16.1. The summed E-state index contributed by atoms with van der Waals surface area (Å²) < 4.78 is 5.96. The van der Waals surface area contributed by atoms with Gasteiger partial charge in [0.25, 0.3) is 5.91 Å². The van der Waals surface area contributed by atoms with Gasteiger partial charge in [-0.05, 0) is 36.1 Å². The zero-order valence-corrected chi connectivity index (χ0v) is 17.7. The van der Waals surface area contributed by atoms with Gasteiger partial charge < -0.3 is 9.73 Å². The maximum absolute atomic E-state index is 13.0. The fraction of sp³-hybridized carbons (Fsp3) is 0.125. The summed E-state index contributed by atoms with van der Waals surface area (Å²) in [4.78, 5) is 14.1. The van der Waals surface area contributed by atoms with Crippen molar-refractivity contribution in [3.8, 4) is 0 Å². The van der Waals surface area contributed by atoms with Gasteiger partial charge in [0.2, 0.25) is 0 Å². The van der Waals surface area contributed by atoms with Crippen molar-refractivity contribution in [3.63, 3.8) is 0 Å². The predicted octanol–water partition coefficient (Wildman–Crippen LogP) is 6.84. The third-order valence-electron chi connectivity index (χ3n) is 4.59. The van der Waals surface area contributed by atoms with Gasteiger partial charge in [0.05, 0.1) is 0 Å². The van der Waals surface area contributed by atoms with E-state index in [0.29, 0.717) is 11.5 Å². The highest BCUT2D eigenvalue weighted by molar-refractivity contribution is 7.98. The van der Waals surface area contributed by atoms with E-state index in [2.05, 4.69) is 17.4 Å². The maximum Gasteiger partial charge on any atom is 0.291 e. The van der Waals surface area contributed by atoms with Crippen LogP contribution in [0.2, 0.25) is 0 Å². The fourth-order valence-electron chi connectivity index (χ4n) is 3.16. The second-order valence-electron chi connectivity index (χ2n) is 6.57. The van der Waals surface area contributed by atoms with Gasteiger partial charge in [-0.1, -0.05) is 54.6 Å². The van der Waals surface area contributed by atoms with Gasteiger partial charge in [0.15, 0.2) is 5.76 Å². The van der Waals surface area contributed by atoms with E-state index >= 15 is 0 Å². The molecule has 0 fully saturated rings. The molecule has 0 aliphatic heterocycles. The molecule has 1 aromatic heterocycles. The molecule has 3 nitrogen and oxygen atoms in total. The number of carbonyl (C=O) groups is 1. The highest BCUT2D eigenvalue weighted by Gasteiger charge is 2.20. The molecule has 29 heavy (non-hydrogen) atoms. The number of rotatable bonds is 7. The lowest BCUT2D eigenvalue weighted by molar-refractivity contribution is 0.0998. The molecule has 0 saturated heterocycles. The molecule has 0 aliphatic carbocycles. The molecule has 0 spiro atoms. The van der Waals surface area contributed by atoms with Crippen LogP contribution in [0, 0.1) is 0 Å². The standard InChI is InChI=1S/C24H21NO2S2/c1-28-19-11-7-10-18(14-19)25-24(26)23-21(20-12-5-6-13-22(20)27-23)16-29-15-17-8-3-2-4-9-17/h2-14H,15-16H2,1H3,(H,25,26). The Hall–Kier alpha value is -2.63. The second-order valence-corrected chi connectivity index (χ2v) is 8.44. The van der Waals surface area contributed by atoms with E-state index in [1.54, 1.807) is 23.5 Å². The number of benzene rings is 3. The molecule has 0 bridgehead atoms. The molecule has 1 heterocycles. The van der Waals surface area contributed by atoms with Crippen molar-refractivity contribution in [2.24, 2.45) is 0 Å². The summed E-state index contributed by atoms with van der Waals surface area (Å²) in [5.41, 5.74) is 3.72. The van der Waals surface area contributed by atoms with E-state index in [4.69, 9.17) is 4.42 Å². The second kappa shape index (κ2) is 9.25. The normalized spacial score (nSPS) is 10.9. The van der Waals surface area contributed by atoms with Crippen LogP contribution in [0.4, 0.5) is 5.69 Å². The van der Waals surface area contributed by atoms with Crippen molar-refractivity contribution in [3.05, 3.63) is 95.7 Å². The third kappa shape index (κ3) is 4.69. The Kier molecular flexibility index (Phi) is 6.27. The van der Waals surface area contributed by atoms with Crippen LogP contribution in [0.25, 0.3) is 11.0 Å². The summed E-state index contributed by atoms with van der Waals surface area (Å²) in [5.74, 6) is 1.77. The predicted molar refractivity (Wildman–Crippen MR) is 124 cm³/mol. The van der Waals surface area contributed by atoms with Gasteiger partial charge in [-0.3, -0.25) is 4.79 Å². The molecule has 0 saturated carbocycles. The number of nitrogens with one attached hydrogen (secondary N) is 1. The summed E-state index contributed by atoms with van der Waals surface area (Å²) in [7, 11) is 0. The van der Waals surface area contributed by atoms with Crippen LogP contribution in [0.3, 0.4) is 0 Å². The fourth-order valence-corrected chi connectivity index (χ4v) is 4.64. The van der Waals surface area contributed by atoms with E-state index in [1.165, 1.54) is 5.56 Å². The Morgan fingerprint density at radius 3 is 2.55 bits per heavy atom. The maximum atomic E-state index is 13.0. The van der Waals surface area contributed by atoms with E-state index in [-0.39, 0.29) is 5.91 Å². The lowest BCUT2D eigenvalue weighted by Gasteiger charge is -2.07. The Morgan fingerprint density at radius 2 is 1.72 bits per heavy atom. The van der Waals surface area contributed by atoms with Crippen molar-refractivity contribution < 1.29 is 9.21 Å². The Labute approximate surface area is 178 Å². The van der Waals surface area contributed by atoms with Gasteiger partial charge in [-0.25, -0.2) is 0 Å². The van der Waals surface area contributed by atoms with Crippen LogP contribution in [0.1, 0.15) is 21.7 Å². The van der Waals surface area contributed by atoms with Crippen LogP contribution in [-0.4, -0.2) is 12.2 Å². The quantitative estimate of drug-likeness (QED) is 0.333. The molecule has 146 valence electrons. The molecule has 0 aliphatic rings. The molecular formula is C24H21NO2S2. The van der Waals surface area contributed by atoms with E-state index in [1.807, 2.05) is 73.0 Å². The molecule has 3 aromatic carbocycles. The topological polar surface area (TPSA) is 42.2 Å². The minimum absolute atomic E-state index is 0.213. The first-order valence-electron chi connectivity index (χ1n) is 9.32. The molecule has 5 heteroatoms. The van der Waals surface area contributed by atoms with Crippen molar-refractivity contribution in [1.82, 2.24) is 0 Å². The molecule has 4 rings (SSSR count). The van der Waals surface area contributed by atoms with Crippen LogP contribution < -0.4 is 5.32 Å². The number of hydrogen-bond acceptors (Lipinski definition) is 4. The van der Waals surface area contributed by atoms with Crippen LogP contribution in [-0.2, 0) is 11.5 Å². The minimum Gasteiger partial charge on any atom is -0.451 e. The van der Waals surface area contributed by atoms with Gasteiger partial charge in [0, 0.05) is 33.0 Å². The Morgan fingerprint density at radius 1 is 0.931 bits per heavy atom. The number of amides is 1. The monoisotopic (exact) mass is 419 g/mol.